The SMILES string of the molecule is Cc1ccc(NC(=O)[C@H](C(C)C)N2C(=O)N[C@H](c3ccc(OC[C@H](O)CO)cc3)C2=O)c(Cl)c1. The Labute approximate surface area is 202 Å². The number of rotatable bonds is 9. The van der Waals surface area contributed by atoms with Crippen LogP contribution in [0.15, 0.2) is 42.5 Å². The number of carbonyl (C=O) groups excluding carboxylic acids is 3. The van der Waals surface area contributed by atoms with E-state index in [9.17, 15) is 19.5 Å². The monoisotopic (exact) mass is 489 g/mol. The van der Waals surface area contributed by atoms with Crippen LogP contribution in [-0.4, -0.2) is 58.3 Å². The van der Waals surface area contributed by atoms with E-state index in [0.717, 1.165) is 10.5 Å². The number of ether oxygens (including phenoxy) is 1. The molecule has 0 aliphatic carbocycles. The van der Waals surface area contributed by atoms with E-state index in [1.165, 1.54) is 0 Å². The maximum absolute atomic E-state index is 13.2. The predicted octanol–water partition coefficient (Wildman–Crippen LogP) is 2.64. The maximum atomic E-state index is 13.2. The molecule has 3 rings (SSSR count). The molecule has 10 heteroatoms. The molecule has 34 heavy (non-hydrogen) atoms. The van der Waals surface area contributed by atoms with Crippen LogP contribution in [0.5, 0.6) is 5.75 Å². The maximum Gasteiger partial charge on any atom is 0.325 e. The molecule has 0 unspecified atom stereocenters. The Morgan fingerprint density at radius 3 is 2.47 bits per heavy atom. The molecule has 4 amide bonds. The number of hydrogen-bond donors (Lipinski definition) is 4. The summed E-state index contributed by atoms with van der Waals surface area (Å²) in [6.07, 6.45) is -1.00. The quantitative estimate of drug-likeness (QED) is 0.401. The average molecular weight is 490 g/mol. The summed E-state index contributed by atoms with van der Waals surface area (Å²) in [5.41, 5.74) is 1.84. The molecule has 9 nitrogen and oxygen atoms in total. The third kappa shape index (κ3) is 5.67. The standard InChI is InChI=1S/C24H28ClN3O6/c1-13(2)21(22(31)26-19-9-4-14(3)10-18(19)25)28-23(32)20(27-24(28)33)15-5-7-17(8-6-15)34-12-16(30)11-29/h4-10,13,16,20-21,29-30H,11-12H2,1-3H3,(H,26,31)(H,27,33)/t16-,20-,21+/m1/s1. The smallest absolute Gasteiger partial charge is 0.325 e. The van der Waals surface area contributed by atoms with Crippen molar-refractivity contribution in [1.29, 1.82) is 0 Å². The molecule has 1 aliphatic heterocycles. The number of amides is 4. The second-order valence-electron chi connectivity index (χ2n) is 8.47. The molecule has 0 saturated carbocycles. The first-order valence-electron chi connectivity index (χ1n) is 10.8. The van der Waals surface area contributed by atoms with Gasteiger partial charge in [-0.05, 0) is 48.2 Å². The van der Waals surface area contributed by atoms with E-state index in [1.54, 1.807) is 56.3 Å². The number of aliphatic hydroxyl groups excluding tert-OH is 2. The molecule has 1 aliphatic rings. The van der Waals surface area contributed by atoms with Gasteiger partial charge in [-0.15, -0.1) is 0 Å². The van der Waals surface area contributed by atoms with Crippen LogP contribution < -0.4 is 15.4 Å². The zero-order chi connectivity index (χ0) is 25.0. The fraction of sp³-hybridized carbons (Fsp3) is 0.375. The van der Waals surface area contributed by atoms with Crippen LogP contribution in [-0.2, 0) is 9.59 Å². The van der Waals surface area contributed by atoms with E-state index in [2.05, 4.69) is 10.6 Å². The van der Waals surface area contributed by atoms with Gasteiger partial charge >= 0.3 is 6.03 Å². The molecule has 2 aromatic carbocycles. The van der Waals surface area contributed by atoms with Crippen LogP contribution in [0.1, 0.15) is 31.0 Å². The van der Waals surface area contributed by atoms with Gasteiger partial charge in [0.15, 0.2) is 0 Å². The highest BCUT2D eigenvalue weighted by Crippen LogP contribution is 2.29. The number of carbonyl (C=O) groups is 3. The van der Waals surface area contributed by atoms with Gasteiger partial charge in [0.25, 0.3) is 5.91 Å². The number of halogens is 1. The molecule has 182 valence electrons. The van der Waals surface area contributed by atoms with Gasteiger partial charge in [0.2, 0.25) is 5.91 Å². The zero-order valence-electron chi connectivity index (χ0n) is 19.1. The first-order valence-corrected chi connectivity index (χ1v) is 11.2. The molecule has 2 aromatic rings. The molecule has 0 spiro atoms. The van der Waals surface area contributed by atoms with E-state index >= 15 is 0 Å². The number of aryl methyl sites for hydroxylation is 1. The van der Waals surface area contributed by atoms with E-state index in [1.807, 2.05) is 6.92 Å². The summed E-state index contributed by atoms with van der Waals surface area (Å²) < 4.78 is 5.36. The lowest BCUT2D eigenvalue weighted by atomic mass is 10.00. The van der Waals surface area contributed by atoms with Crippen LogP contribution in [0.4, 0.5) is 10.5 Å². The van der Waals surface area contributed by atoms with Crippen molar-refractivity contribution in [1.82, 2.24) is 10.2 Å². The molecule has 1 heterocycles. The van der Waals surface area contributed by atoms with Gasteiger partial charge < -0.3 is 25.6 Å². The van der Waals surface area contributed by atoms with Crippen molar-refractivity contribution in [3.05, 3.63) is 58.6 Å². The van der Waals surface area contributed by atoms with Crippen LogP contribution in [0.2, 0.25) is 5.02 Å². The van der Waals surface area contributed by atoms with Crippen LogP contribution in [0.3, 0.4) is 0 Å². The third-order valence-corrected chi connectivity index (χ3v) is 5.71. The van der Waals surface area contributed by atoms with Gasteiger partial charge in [-0.25, -0.2) is 9.69 Å². The Bertz CT molecular complexity index is 1060. The van der Waals surface area contributed by atoms with E-state index in [-0.39, 0.29) is 12.5 Å². The Hall–Kier alpha value is -3.14. The third-order valence-electron chi connectivity index (χ3n) is 5.40. The Morgan fingerprint density at radius 1 is 1.21 bits per heavy atom. The lowest BCUT2D eigenvalue weighted by Crippen LogP contribution is -2.50. The summed E-state index contributed by atoms with van der Waals surface area (Å²) in [5, 5.41) is 24.0. The highest BCUT2D eigenvalue weighted by atomic mass is 35.5. The highest BCUT2D eigenvalue weighted by Gasteiger charge is 2.46. The number of urea groups is 1. The van der Waals surface area contributed by atoms with Crippen LogP contribution in [0.25, 0.3) is 0 Å². The average Bonchev–Trinajstić information content (AvgIpc) is 3.08. The van der Waals surface area contributed by atoms with Crippen molar-refractivity contribution in [3.8, 4) is 5.75 Å². The molecule has 0 radical (unpaired) electrons. The van der Waals surface area contributed by atoms with Gasteiger partial charge in [-0.3, -0.25) is 9.59 Å². The first-order chi connectivity index (χ1) is 16.1. The molecular formula is C24H28ClN3O6. The van der Waals surface area contributed by atoms with Gasteiger partial charge in [0.1, 0.15) is 30.5 Å². The topological polar surface area (TPSA) is 128 Å². The predicted molar refractivity (Wildman–Crippen MR) is 127 cm³/mol. The number of hydrogen-bond acceptors (Lipinski definition) is 6. The van der Waals surface area contributed by atoms with E-state index in [4.69, 9.17) is 21.4 Å². The second kappa shape index (κ2) is 10.9. The van der Waals surface area contributed by atoms with Gasteiger partial charge in [-0.1, -0.05) is 43.6 Å². The zero-order valence-corrected chi connectivity index (χ0v) is 19.9. The number of nitrogens with one attached hydrogen (secondary N) is 2. The summed E-state index contributed by atoms with van der Waals surface area (Å²) >= 11 is 6.23. The van der Waals surface area contributed by atoms with Crippen molar-refractivity contribution in [3.63, 3.8) is 0 Å². The van der Waals surface area contributed by atoms with Gasteiger partial charge in [-0.2, -0.15) is 0 Å². The number of benzene rings is 2. The molecule has 3 atom stereocenters. The minimum Gasteiger partial charge on any atom is -0.491 e. The minimum absolute atomic E-state index is 0.0844. The lowest BCUT2D eigenvalue weighted by molar-refractivity contribution is -0.135. The summed E-state index contributed by atoms with van der Waals surface area (Å²) in [6.45, 7) is 4.87. The number of imide groups is 1. The highest BCUT2D eigenvalue weighted by molar-refractivity contribution is 6.33. The summed E-state index contributed by atoms with van der Waals surface area (Å²) in [7, 11) is 0. The Balaban J connectivity index is 1.76. The molecular weight excluding hydrogens is 462 g/mol. The van der Waals surface area contributed by atoms with Crippen molar-refractivity contribution in [2.75, 3.05) is 18.5 Å². The van der Waals surface area contributed by atoms with Crippen LogP contribution >= 0.6 is 11.6 Å². The normalized spacial score (nSPS) is 17.5. The lowest BCUT2D eigenvalue weighted by Gasteiger charge is -2.27. The fourth-order valence-electron chi connectivity index (χ4n) is 3.63. The van der Waals surface area contributed by atoms with Crippen molar-refractivity contribution in [2.24, 2.45) is 5.92 Å². The molecule has 0 bridgehead atoms. The van der Waals surface area contributed by atoms with Gasteiger partial charge in [0.05, 0.1) is 17.3 Å². The van der Waals surface area contributed by atoms with Crippen molar-refractivity contribution < 1.29 is 29.3 Å². The molecule has 1 saturated heterocycles. The Morgan fingerprint density at radius 2 is 1.88 bits per heavy atom. The summed E-state index contributed by atoms with van der Waals surface area (Å²) in [4.78, 5) is 40.0. The number of nitrogens with zero attached hydrogens (tertiary/aromatic N) is 1. The minimum atomic E-state index is -1.04. The van der Waals surface area contributed by atoms with Gasteiger partial charge in [0, 0.05) is 0 Å². The molecule has 1 fully saturated rings. The largest absolute Gasteiger partial charge is 0.491 e. The summed E-state index contributed by atoms with van der Waals surface area (Å²) in [5.74, 6) is -0.986. The molecule has 4 N–H and O–H groups in total. The van der Waals surface area contributed by atoms with E-state index < -0.39 is 42.6 Å². The summed E-state index contributed by atoms with van der Waals surface area (Å²) in [6, 6.07) is 8.93. The first kappa shape index (κ1) is 25.5. The number of anilines is 1. The van der Waals surface area contributed by atoms with Crippen LogP contribution in [0, 0.1) is 12.8 Å². The number of aliphatic hydroxyl groups is 2. The Kier molecular flexibility index (Phi) is 8.14. The van der Waals surface area contributed by atoms with Crippen molar-refractivity contribution >= 4 is 35.1 Å². The van der Waals surface area contributed by atoms with E-state index in [0.29, 0.717) is 22.0 Å². The molecule has 0 aromatic heterocycles. The fourth-order valence-corrected chi connectivity index (χ4v) is 3.91. The second-order valence-corrected chi connectivity index (χ2v) is 8.88. The van der Waals surface area contributed by atoms with Crippen molar-refractivity contribution in [2.45, 2.75) is 39.0 Å².